The van der Waals surface area contributed by atoms with E-state index in [0.717, 1.165) is 46.7 Å². The van der Waals surface area contributed by atoms with Gasteiger partial charge in [-0.1, -0.05) is 177 Å². The molecule has 0 saturated heterocycles. The number of ether oxygens (including phenoxy) is 12. The first-order valence-electron chi connectivity index (χ1n) is 41.1. The van der Waals surface area contributed by atoms with Crippen LogP contribution < -0.4 is 26.0 Å². The van der Waals surface area contributed by atoms with Crippen molar-refractivity contribution in [2.24, 2.45) is 0 Å². The van der Waals surface area contributed by atoms with Gasteiger partial charge in [0.25, 0.3) is 16.0 Å². The van der Waals surface area contributed by atoms with Crippen LogP contribution in [0.15, 0.2) is 160 Å². The number of carbonyl (C=O) groups is 14. The van der Waals surface area contributed by atoms with Crippen molar-refractivity contribution in [1.29, 1.82) is 0 Å². The summed E-state index contributed by atoms with van der Waals surface area (Å²) in [6.45, 7) is 53.5. The fourth-order valence-electron chi connectivity index (χ4n) is 7.49. The quantitative estimate of drug-likeness (QED) is 0.00775. The Bertz CT molecular complexity index is 4240. The third-order valence-electron chi connectivity index (χ3n) is 14.6. The van der Waals surface area contributed by atoms with E-state index in [0.29, 0.717) is 113 Å². The van der Waals surface area contributed by atoms with Crippen LogP contribution in [0.25, 0.3) is 12.2 Å². The molecule has 0 spiro atoms. The Morgan fingerprint density at radius 3 is 1.04 bits per heavy atom. The van der Waals surface area contributed by atoms with Crippen LogP contribution in [0.4, 0.5) is 5.69 Å². The maximum atomic E-state index is 11.6. The van der Waals surface area contributed by atoms with E-state index in [1.165, 1.54) is 13.8 Å². The second-order valence-electron chi connectivity index (χ2n) is 29.6. The van der Waals surface area contributed by atoms with Crippen LogP contribution in [0, 0.1) is 0 Å². The number of hydrogen-bond acceptors (Lipinski definition) is 29. The van der Waals surface area contributed by atoms with Crippen molar-refractivity contribution in [3.63, 3.8) is 0 Å². The zero-order chi connectivity index (χ0) is 104. The minimum absolute atomic E-state index is 0.0406. The summed E-state index contributed by atoms with van der Waals surface area (Å²) in [4.78, 5) is 155. The van der Waals surface area contributed by atoms with E-state index < -0.39 is 62.9 Å². The van der Waals surface area contributed by atoms with Gasteiger partial charge in [0.15, 0.2) is 5.60 Å². The molecule has 0 aliphatic rings. The molecule has 41 heteroatoms. The first-order chi connectivity index (χ1) is 62.4. The van der Waals surface area contributed by atoms with Gasteiger partial charge in [-0.15, -0.1) is 34.8 Å². The Balaban J connectivity index is -0.000000475. The van der Waals surface area contributed by atoms with Crippen LogP contribution in [0.2, 0.25) is 0 Å². The average Bonchev–Trinajstić information content (AvgIpc) is 0.844. The van der Waals surface area contributed by atoms with Gasteiger partial charge in [-0.2, -0.15) is 8.42 Å². The molecule has 3 aromatic rings. The summed E-state index contributed by atoms with van der Waals surface area (Å²) in [6.07, 6.45) is 10.6. The third kappa shape index (κ3) is 80.1. The Kier molecular flexibility index (Phi) is 76.5. The maximum absolute atomic E-state index is 11.6. The Morgan fingerprint density at radius 1 is 0.381 bits per heavy atom. The summed E-state index contributed by atoms with van der Waals surface area (Å²) in [6, 6.07) is 22.4. The summed E-state index contributed by atoms with van der Waals surface area (Å²) < 4.78 is 83.2. The number of esters is 10. The van der Waals surface area contributed by atoms with Crippen molar-refractivity contribution >= 4 is 210 Å². The molecule has 0 fully saturated rings. The van der Waals surface area contributed by atoms with Gasteiger partial charge in [0, 0.05) is 71.4 Å². The number of anilines is 1. The lowest BCUT2D eigenvalue weighted by molar-refractivity contribution is -0.159. The van der Waals surface area contributed by atoms with E-state index in [4.69, 9.17) is 82.2 Å². The second-order valence-corrected chi connectivity index (χ2v) is 40.2. The number of hydrogen-bond donors (Lipinski definition) is 4. The highest BCUT2D eigenvalue weighted by molar-refractivity contribution is 9.10. The van der Waals surface area contributed by atoms with Crippen molar-refractivity contribution in [3.05, 3.63) is 183 Å². The molecule has 4 amide bonds. The third-order valence-corrected chi connectivity index (χ3v) is 17.2. The zero-order valence-corrected chi connectivity index (χ0v) is 88.2. The molecular formula is C93H131Br4Cl3N4O29S. The largest absolute Gasteiger partial charge is 0.466 e. The first kappa shape index (κ1) is 133. The van der Waals surface area contributed by atoms with E-state index in [9.17, 15) is 75.5 Å². The molecule has 134 heavy (non-hydrogen) atoms. The van der Waals surface area contributed by atoms with Crippen LogP contribution in [0.1, 0.15) is 157 Å². The molecule has 0 aliphatic heterocycles. The molecule has 4 N–H and O–H groups in total. The minimum Gasteiger partial charge on any atom is -0.466 e. The molecule has 0 heterocycles. The fraction of sp³-hybridized carbons (Fsp3) is 0.484. The summed E-state index contributed by atoms with van der Waals surface area (Å²) in [7, 11) is -3.75. The van der Waals surface area contributed by atoms with Gasteiger partial charge in [0.05, 0.1) is 89.2 Å². The first-order valence-corrected chi connectivity index (χ1v) is 47.7. The number of halogens is 7. The molecule has 0 atom stereocenters. The standard InChI is InChI=1S/C15H19BrO3.C14H16BrNO3.C14H17ClO3.C12H20O7S.C10H17BrN2O2.C10H16BrNO3.C10H15ClO4.C8H11ClO4/c1-4-12-5-7-13(8-6-12)11-18-9-10-19-14(17)15(2,3)16;1-9(2)12(17)16-10-5-7-11(8-6-10)19-13(18)14(3,4)15;1-2-12-3-5-13(6-4-12)11-17-9-10-18-14(16)7-8-15;1-5-10(13)17-8-6-7-9-18-11(14)12(2,3)19-20(4,15)16;1-7(2)8(14)12-5-6-13-9(15)10(3,4)11;1-7(2)8(13)12-5-6-15-9(14)10(3,4)11;1-2-9(12)14-7-3-4-8-15-10(13)5-6-11;1-2-7(10)12-5-6-13-8(11)3-4-9/h4-8H,1,9-11H2,2-3H3;5-8H,1H2,2-4H3,(H,16,17);2-6H,1,7-11H2;5H,1,6-9H2,2-4H3;1,5-6H2,2-4H3,(H,12,14)(H,13,15);1,5-6H2,2-4H3,(H,12,13);2H,1,3-8H2;2H,1,3-6H2. The van der Waals surface area contributed by atoms with E-state index in [1.54, 1.807) is 113 Å². The van der Waals surface area contributed by atoms with E-state index in [1.807, 2.05) is 48.5 Å². The highest BCUT2D eigenvalue weighted by atomic mass is 79.9. The Labute approximate surface area is 837 Å². The lowest BCUT2D eigenvalue weighted by Crippen LogP contribution is -2.41. The van der Waals surface area contributed by atoms with Crippen molar-refractivity contribution in [2.75, 3.05) is 122 Å². The molecule has 0 saturated carbocycles. The molecule has 0 aliphatic carbocycles. The van der Waals surface area contributed by atoms with Gasteiger partial charge in [-0.3, -0.25) is 52.1 Å². The maximum Gasteiger partial charge on any atom is 0.339 e. The molecule has 0 bridgehead atoms. The summed E-state index contributed by atoms with van der Waals surface area (Å²) in [5.41, 5.74) is 4.69. The number of rotatable bonds is 52. The predicted molar refractivity (Wildman–Crippen MR) is 532 cm³/mol. The van der Waals surface area contributed by atoms with E-state index >= 15 is 0 Å². The zero-order valence-electron chi connectivity index (χ0n) is 78.7. The summed E-state index contributed by atoms with van der Waals surface area (Å²) in [5, 5.41) is 10.5. The van der Waals surface area contributed by atoms with Gasteiger partial charge in [0.2, 0.25) is 17.7 Å². The number of amides is 4. The Morgan fingerprint density at radius 2 is 0.694 bits per heavy atom. The van der Waals surface area contributed by atoms with Crippen LogP contribution >= 0.6 is 98.5 Å². The molecule has 3 rings (SSSR count). The van der Waals surface area contributed by atoms with E-state index in [2.05, 4.69) is 151 Å². The second kappa shape index (κ2) is 76.9. The monoisotopic (exact) mass is 2220 g/mol. The number of alkyl halides is 7. The molecule has 0 radical (unpaired) electrons. The Hall–Kier alpha value is -9.22. The number of unbranched alkanes of at least 4 members (excludes halogenated alkanes) is 2. The summed E-state index contributed by atoms with van der Waals surface area (Å²) in [5.74, 6) is -3.82. The normalized spacial score (nSPS) is 10.5. The van der Waals surface area contributed by atoms with Gasteiger partial charge in [-0.25, -0.2) is 19.2 Å². The van der Waals surface area contributed by atoms with Gasteiger partial charge in [0.1, 0.15) is 51.8 Å². The molecule has 0 aromatic heterocycles. The molecule has 752 valence electrons. The minimum atomic E-state index is -3.75. The summed E-state index contributed by atoms with van der Waals surface area (Å²) >= 11 is 28.9. The van der Waals surface area contributed by atoms with Gasteiger partial charge < -0.3 is 78.1 Å². The van der Waals surface area contributed by atoms with Crippen molar-refractivity contribution in [3.8, 4) is 5.75 Å². The van der Waals surface area contributed by atoms with Crippen molar-refractivity contribution in [2.45, 2.75) is 171 Å². The van der Waals surface area contributed by atoms with E-state index in [-0.39, 0.29) is 137 Å². The number of nitrogens with one attached hydrogen (secondary N) is 4. The SMILES string of the molecule is C=C(C)C(=O)NCCNC(=O)C(C)(C)Br.C=C(C)C(=O)NCCOC(=O)C(C)(C)Br.C=C(C)C(=O)Nc1ccc(OC(=O)C(C)(C)Br)cc1.C=CC(=O)OCCCCOC(=O)C(C)(C)OS(C)(=O)=O.C=CC(=O)OCCCCOC(=O)CCCl.C=CC(=O)OCCOC(=O)CCCl.C=Cc1ccc(COCCOC(=O)C(C)(C)Br)cc1.C=Cc1ccc(COCCOC(=O)CCCl)cc1. The van der Waals surface area contributed by atoms with Gasteiger partial charge >= 0.3 is 59.7 Å². The highest BCUT2D eigenvalue weighted by Gasteiger charge is 2.35. The smallest absolute Gasteiger partial charge is 0.339 e. The lowest BCUT2D eigenvalue weighted by Gasteiger charge is -2.21. The van der Waals surface area contributed by atoms with Crippen molar-refractivity contribution < 1.29 is 137 Å². The van der Waals surface area contributed by atoms with Crippen molar-refractivity contribution in [1.82, 2.24) is 16.0 Å². The average molecular weight is 2230 g/mol. The molecular weight excluding hydrogens is 2100 g/mol. The number of benzene rings is 3. The van der Waals surface area contributed by atoms with Crippen LogP contribution in [-0.4, -0.2) is 231 Å². The molecule has 0 unspecified atom stereocenters. The lowest BCUT2D eigenvalue weighted by atomic mass is 10.1. The molecule has 3 aromatic carbocycles. The number of carbonyl (C=O) groups excluding carboxylic acids is 14. The highest BCUT2D eigenvalue weighted by Crippen LogP contribution is 2.24. The van der Waals surface area contributed by atoms with Crippen LogP contribution in [-0.2, 0) is 147 Å². The van der Waals surface area contributed by atoms with Crippen LogP contribution in [0.5, 0.6) is 5.75 Å². The topological polar surface area (TPSA) is 441 Å². The van der Waals surface area contributed by atoms with Gasteiger partial charge in [-0.05, 0) is 162 Å². The molecule has 33 nitrogen and oxygen atoms in total. The van der Waals surface area contributed by atoms with Crippen LogP contribution in [0.3, 0.4) is 0 Å². The fourth-order valence-corrected chi connectivity index (χ4v) is 9.23. The predicted octanol–water partition coefficient (Wildman–Crippen LogP) is 15.6.